The highest BCUT2D eigenvalue weighted by Crippen LogP contribution is 2.27. The molecule has 0 radical (unpaired) electrons. The number of nitrogens with one attached hydrogen (secondary N) is 2. The predicted molar refractivity (Wildman–Crippen MR) is 123 cm³/mol. The number of carbonyl (C=O) groups is 2. The number of carbonyl (C=O) groups excluding carboxylic acids is 2. The van der Waals surface area contributed by atoms with Crippen molar-refractivity contribution < 1.29 is 14.0 Å². The fraction of sp³-hybridized carbons (Fsp3) is 0.417. The summed E-state index contributed by atoms with van der Waals surface area (Å²) in [7, 11) is 0. The molecule has 1 aromatic heterocycles. The Bertz CT molecular complexity index is 1290. The molecule has 33 heavy (non-hydrogen) atoms. The summed E-state index contributed by atoms with van der Waals surface area (Å²) >= 11 is 0. The third-order valence-corrected chi connectivity index (χ3v) is 6.82. The number of halogens is 1. The quantitative estimate of drug-likeness (QED) is 0.455. The monoisotopic (exact) mass is 452 g/mol. The van der Waals surface area contributed by atoms with E-state index in [-0.39, 0.29) is 30.1 Å². The van der Waals surface area contributed by atoms with Crippen molar-refractivity contribution in [2.24, 2.45) is 0 Å². The van der Waals surface area contributed by atoms with Crippen LogP contribution >= 0.6 is 0 Å². The molecule has 0 spiro atoms. The van der Waals surface area contributed by atoms with Crippen LogP contribution in [0.5, 0.6) is 0 Å². The third-order valence-electron chi connectivity index (χ3n) is 6.82. The summed E-state index contributed by atoms with van der Waals surface area (Å²) < 4.78 is 14.2. The first-order valence-corrected chi connectivity index (χ1v) is 11.4. The minimum atomic E-state index is -0.770. The molecule has 1 aliphatic carbocycles. The number of rotatable bonds is 5. The number of anilines is 2. The largest absolute Gasteiger partial charge is 0.377 e. The zero-order valence-electron chi connectivity index (χ0n) is 18.2. The molecular weight excluding hydrogens is 427 g/mol. The second-order valence-electron chi connectivity index (χ2n) is 8.83. The molecule has 2 heterocycles. The van der Waals surface area contributed by atoms with Crippen molar-refractivity contribution >= 4 is 34.0 Å². The number of H-pyrrole nitrogens is 1. The van der Waals surface area contributed by atoms with Crippen LogP contribution < -0.4 is 21.1 Å². The normalized spacial score (nSPS) is 17.6. The van der Waals surface area contributed by atoms with Gasteiger partial charge in [0, 0.05) is 49.3 Å². The van der Waals surface area contributed by atoms with Crippen LogP contribution in [-0.4, -0.2) is 53.8 Å². The molecule has 0 atom stereocenters. The Labute approximate surface area is 189 Å². The average molecular weight is 452 g/mol. The van der Waals surface area contributed by atoms with Gasteiger partial charge in [-0.3, -0.25) is 19.2 Å². The van der Waals surface area contributed by atoms with E-state index in [2.05, 4.69) is 10.3 Å². The van der Waals surface area contributed by atoms with Gasteiger partial charge in [0.25, 0.3) is 22.5 Å². The molecule has 5 rings (SSSR count). The van der Waals surface area contributed by atoms with Crippen molar-refractivity contribution in [1.29, 1.82) is 0 Å². The molecule has 2 aliphatic rings. The Kier molecular flexibility index (Phi) is 5.47. The van der Waals surface area contributed by atoms with E-state index >= 15 is 0 Å². The second kappa shape index (κ2) is 8.46. The predicted octanol–water partition coefficient (Wildman–Crippen LogP) is 2.18. The van der Waals surface area contributed by atoms with Gasteiger partial charge in [-0.2, -0.15) is 0 Å². The lowest BCUT2D eigenvalue weighted by Crippen LogP contribution is -2.54. The van der Waals surface area contributed by atoms with E-state index < -0.39 is 28.4 Å². The molecule has 1 amide bonds. The Morgan fingerprint density at radius 1 is 1.00 bits per heavy atom. The molecule has 2 fully saturated rings. The first-order valence-electron chi connectivity index (χ1n) is 11.4. The van der Waals surface area contributed by atoms with Gasteiger partial charge in [0.05, 0.1) is 5.56 Å². The summed E-state index contributed by atoms with van der Waals surface area (Å²) in [4.78, 5) is 56.2. The van der Waals surface area contributed by atoms with E-state index in [0.717, 1.165) is 25.7 Å². The van der Waals surface area contributed by atoms with Crippen LogP contribution in [-0.2, 0) is 4.79 Å². The lowest BCUT2D eigenvalue weighted by Gasteiger charge is -2.37. The third kappa shape index (κ3) is 3.71. The van der Waals surface area contributed by atoms with Gasteiger partial charge in [0.15, 0.2) is 0 Å². The highest BCUT2D eigenvalue weighted by molar-refractivity contribution is 6.44. The van der Waals surface area contributed by atoms with Gasteiger partial charge in [-0.05, 0) is 25.0 Å². The number of Topliss-reactive ketones (excluding diaryl/α,β-unsaturated/α-hetero) is 1. The maximum Gasteiger partial charge on any atom is 0.295 e. The fourth-order valence-electron chi connectivity index (χ4n) is 4.98. The number of piperazine rings is 1. The molecule has 1 saturated heterocycles. The number of ketones is 1. The van der Waals surface area contributed by atoms with Gasteiger partial charge in [-0.25, -0.2) is 4.39 Å². The maximum absolute atomic E-state index is 14.2. The number of fused-ring (bicyclic) bond motifs is 1. The number of hydrogen-bond donors (Lipinski definition) is 2. The summed E-state index contributed by atoms with van der Waals surface area (Å²) in [6.45, 7) is 1.14. The number of amides is 1. The first kappa shape index (κ1) is 21.4. The van der Waals surface area contributed by atoms with Crippen LogP contribution in [0.1, 0.15) is 42.5 Å². The Balaban J connectivity index is 1.26. The van der Waals surface area contributed by atoms with Crippen LogP contribution in [0.3, 0.4) is 0 Å². The zero-order chi connectivity index (χ0) is 23.1. The van der Waals surface area contributed by atoms with Gasteiger partial charge in [0.1, 0.15) is 17.2 Å². The van der Waals surface area contributed by atoms with E-state index in [1.165, 1.54) is 29.7 Å². The zero-order valence-corrected chi connectivity index (χ0v) is 18.2. The van der Waals surface area contributed by atoms with E-state index in [1.807, 2.05) is 4.90 Å². The molecule has 0 bridgehead atoms. The van der Waals surface area contributed by atoms with Crippen molar-refractivity contribution in [3.05, 3.63) is 56.2 Å². The van der Waals surface area contributed by atoms with Gasteiger partial charge in [-0.15, -0.1) is 0 Å². The lowest BCUT2D eigenvalue weighted by atomic mass is 9.95. The Hall–Kier alpha value is -3.49. The van der Waals surface area contributed by atoms with Gasteiger partial charge >= 0.3 is 0 Å². The minimum absolute atomic E-state index is 0.0111. The highest BCUT2D eigenvalue weighted by atomic mass is 19.1. The molecule has 0 unspecified atom stereocenters. The van der Waals surface area contributed by atoms with Crippen LogP contribution in [0, 0.1) is 5.82 Å². The summed E-state index contributed by atoms with van der Waals surface area (Å²) in [5.41, 5.74) is 0.259. The van der Waals surface area contributed by atoms with E-state index in [9.17, 15) is 23.6 Å². The van der Waals surface area contributed by atoms with Crippen molar-refractivity contribution in [3.8, 4) is 0 Å². The molecular formula is C24H25FN4O4. The summed E-state index contributed by atoms with van der Waals surface area (Å²) in [6, 6.07) is 4.63. The second-order valence-corrected chi connectivity index (χ2v) is 8.83. The molecule has 1 saturated carbocycles. The smallest absolute Gasteiger partial charge is 0.295 e. The topological polar surface area (TPSA) is 103 Å². The number of aromatic nitrogens is 1. The van der Waals surface area contributed by atoms with Gasteiger partial charge < -0.3 is 20.1 Å². The van der Waals surface area contributed by atoms with Crippen molar-refractivity contribution in [1.82, 2.24) is 9.88 Å². The molecule has 172 valence electrons. The van der Waals surface area contributed by atoms with Crippen LogP contribution in [0.2, 0.25) is 0 Å². The summed E-state index contributed by atoms with van der Waals surface area (Å²) in [6.07, 6.45) is 6.73. The number of benzene rings is 1. The number of hydrogen-bond acceptors (Lipinski definition) is 6. The van der Waals surface area contributed by atoms with E-state index in [1.54, 1.807) is 6.07 Å². The summed E-state index contributed by atoms with van der Waals surface area (Å²) in [5, 5.41) is 3.38. The van der Waals surface area contributed by atoms with E-state index in [0.29, 0.717) is 30.0 Å². The number of aromatic amines is 1. The van der Waals surface area contributed by atoms with E-state index in [4.69, 9.17) is 0 Å². The SMILES string of the molecule is O=C(C(=O)N1CCN(c2c(NC3CCCCC3)c(=O)c2=O)CC1)c1c[nH]c2cccc(F)c12. The van der Waals surface area contributed by atoms with Gasteiger partial charge in [0.2, 0.25) is 0 Å². The van der Waals surface area contributed by atoms with Gasteiger partial charge in [-0.1, -0.05) is 25.3 Å². The minimum Gasteiger partial charge on any atom is -0.377 e. The molecule has 9 heteroatoms. The molecule has 2 aromatic carbocycles. The summed E-state index contributed by atoms with van der Waals surface area (Å²) in [5.74, 6) is -2.04. The molecule has 8 nitrogen and oxygen atoms in total. The standard InChI is InChI=1S/C24H25FN4O4/c25-16-7-4-8-17-18(16)15(13-26-17)21(30)24(33)29-11-9-28(10-12-29)20-19(22(31)23(20)32)27-14-5-2-1-3-6-14/h4,7-8,13-14,26-27H,1-3,5-6,9-12H2. The molecule has 1 aliphatic heterocycles. The first-order chi connectivity index (χ1) is 16.0. The lowest BCUT2D eigenvalue weighted by molar-refractivity contribution is -0.126. The average Bonchev–Trinajstić information content (AvgIpc) is 3.29. The maximum atomic E-state index is 14.2. The van der Waals surface area contributed by atoms with Crippen LogP contribution in [0.25, 0.3) is 10.9 Å². The van der Waals surface area contributed by atoms with Crippen molar-refractivity contribution in [2.45, 2.75) is 38.1 Å². The molecule has 3 aromatic rings. The molecule has 2 N–H and O–H groups in total. The van der Waals surface area contributed by atoms with Crippen molar-refractivity contribution in [2.75, 3.05) is 36.4 Å². The van der Waals surface area contributed by atoms with Crippen LogP contribution in [0.4, 0.5) is 15.8 Å². The van der Waals surface area contributed by atoms with Crippen LogP contribution in [0.15, 0.2) is 34.0 Å². The fourth-order valence-corrected chi connectivity index (χ4v) is 4.98. The Morgan fingerprint density at radius 3 is 2.45 bits per heavy atom. The van der Waals surface area contributed by atoms with Crippen molar-refractivity contribution in [3.63, 3.8) is 0 Å². The Morgan fingerprint density at radius 2 is 1.73 bits per heavy atom. The highest BCUT2D eigenvalue weighted by Gasteiger charge is 2.33. The number of nitrogens with zero attached hydrogens (tertiary/aromatic N) is 2.